The largest absolute Gasteiger partial charge is 0.394 e. The van der Waals surface area contributed by atoms with Gasteiger partial charge in [-0.1, -0.05) is 0 Å². The van der Waals surface area contributed by atoms with Crippen LogP contribution in [-0.4, -0.2) is 222 Å². The quantitative estimate of drug-likeness (QED) is 0.0574. The van der Waals surface area contributed by atoms with E-state index < -0.39 is 128 Å². The van der Waals surface area contributed by atoms with E-state index in [1.54, 1.807) is 0 Å². The second-order valence-corrected chi connectivity index (χ2v) is 15.5. The molecule has 4 fully saturated rings. The first-order valence-electron chi connectivity index (χ1n) is 17.3. The SMILES string of the molecule is NCC1C[C@H](O)C(OCCCS[C@@H]2OC(CO)[C@H](O)[C@H](O)C2O)[C@@H](O[C@@H]2C(CN)O[C@H](O)C(OCCCS[C@@H]3OC(CO)[C@H](O)[C@H](O)C3O)[C@H]2O)O1. The number of aliphatic hydroxyl groups is 11. The highest BCUT2D eigenvalue weighted by atomic mass is 32.2. The zero-order valence-electron chi connectivity index (χ0n) is 28.5. The average molecular weight is 797 g/mol. The van der Waals surface area contributed by atoms with Crippen LogP contribution in [-0.2, 0) is 33.2 Å². The van der Waals surface area contributed by atoms with Crippen LogP contribution in [0.25, 0.3) is 0 Å². The van der Waals surface area contributed by atoms with Crippen LogP contribution in [0.3, 0.4) is 0 Å². The van der Waals surface area contributed by atoms with Gasteiger partial charge < -0.3 is 101 Å². The molecule has 0 aliphatic carbocycles. The Balaban J connectivity index is 1.29. The third-order valence-electron chi connectivity index (χ3n) is 9.36. The predicted octanol–water partition coefficient (Wildman–Crippen LogP) is -6.54. The highest BCUT2D eigenvalue weighted by molar-refractivity contribution is 8.00. The molecule has 0 aromatic rings. The zero-order valence-corrected chi connectivity index (χ0v) is 30.1. The molecule has 306 valence electrons. The Labute approximate surface area is 309 Å². The Morgan fingerprint density at radius 3 is 1.56 bits per heavy atom. The minimum absolute atomic E-state index is 0.00728. The van der Waals surface area contributed by atoms with Gasteiger partial charge in [-0.25, -0.2) is 0 Å². The summed E-state index contributed by atoms with van der Waals surface area (Å²) in [5.74, 6) is 0.702. The van der Waals surface area contributed by atoms with Gasteiger partial charge in [-0.05, 0) is 24.3 Å². The molecule has 0 bridgehead atoms. The maximum absolute atomic E-state index is 11.3. The lowest BCUT2D eigenvalue weighted by molar-refractivity contribution is -0.346. The van der Waals surface area contributed by atoms with Crippen molar-refractivity contribution in [1.29, 1.82) is 0 Å². The lowest BCUT2D eigenvalue weighted by atomic mass is 9.97. The van der Waals surface area contributed by atoms with Crippen molar-refractivity contribution in [1.82, 2.24) is 0 Å². The molecule has 0 aromatic heterocycles. The van der Waals surface area contributed by atoms with Gasteiger partial charge in [-0.3, -0.25) is 0 Å². The summed E-state index contributed by atoms with van der Waals surface area (Å²) in [5.41, 5.74) is 9.89. The molecule has 20 nitrogen and oxygen atoms in total. The Morgan fingerprint density at radius 1 is 0.558 bits per heavy atom. The molecule has 0 aromatic carbocycles. The number of ether oxygens (including phenoxy) is 7. The van der Waals surface area contributed by atoms with Crippen LogP contribution in [0, 0.1) is 0 Å². The van der Waals surface area contributed by atoms with E-state index in [0.717, 1.165) is 23.5 Å². The Bertz CT molecular complexity index is 1030. The van der Waals surface area contributed by atoms with Crippen LogP contribution in [0.15, 0.2) is 0 Å². The first-order valence-corrected chi connectivity index (χ1v) is 19.4. The summed E-state index contributed by atoms with van der Waals surface area (Å²) < 4.78 is 40.5. The summed E-state index contributed by atoms with van der Waals surface area (Å²) in [6.07, 6.45) is -20.5. The van der Waals surface area contributed by atoms with Crippen molar-refractivity contribution in [2.45, 2.75) is 134 Å². The fourth-order valence-electron chi connectivity index (χ4n) is 6.33. The van der Waals surface area contributed by atoms with E-state index in [-0.39, 0.29) is 32.7 Å². The van der Waals surface area contributed by atoms with Gasteiger partial charge in [0.05, 0.1) is 25.4 Å². The molecule has 8 unspecified atom stereocenters. The zero-order chi connectivity index (χ0) is 38.1. The molecule has 15 N–H and O–H groups in total. The number of rotatable bonds is 18. The molecule has 22 heteroatoms. The second kappa shape index (κ2) is 21.4. The van der Waals surface area contributed by atoms with Gasteiger partial charge in [0.15, 0.2) is 12.6 Å². The van der Waals surface area contributed by atoms with Crippen LogP contribution >= 0.6 is 23.5 Å². The van der Waals surface area contributed by atoms with Gasteiger partial charge >= 0.3 is 0 Å². The van der Waals surface area contributed by atoms with E-state index >= 15 is 0 Å². The van der Waals surface area contributed by atoms with E-state index in [2.05, 4.69) is 0 Å². The Morgan fingerprint density at radius 2 is 1.08 bits per heavy atom. The van der Waals surface area contributed by atoms with Crippen LogP contribution in [0.1, 0.15) is 19.3 Å². The first kappa shape index (κ1) is 44.6. The standard InChI is InChI=1S/C30H56N2O18S2/c31-8-12-7-13(35)24(44-3-1-5-51-29-21(40)19(38)17(36)15(10-33)48-29)28(46-12)50-25-14(9-32)47-27(43)26(23(25)42)45-4-2-6-52-30-22(41)20(39)18(37)16(11-34)49-30/h12-30,33-43H,1-11,31-32H2/t12?,13-,14?,15?,16?,17-,18-,19-,20-,21?,22?,23-,24?,25+,26?,27-,28+,29-,30-/m0/s1. The van der Waals surface area contributed by atoms with E-state index in [0.29, 0.717) is 24.3 Å². The molecular weight excluding hydrogens is 740 g/mol. The fraction of sp³-hybridized carbons (Fsp3) is 1.00. The van der Waals surface area contributed by atoms with Gasteiger partial charge in [-0.2, -0.15) is 0 Å². The van der Waals surface area contributed by atoms with Crippen LogP contribution < -0.4 is 11.5 Å². The monoisotopic (exact) mass is 796 g/mol. The Kier molecular flexibility index (Phi) is 18.4. The van der Waals surface area contributed by atoms with E-state index in [1.807, 2.05) is 0 Å². The lowest BCUT2D eigenvalue weighted by Gasteiger charge is -2.46. The van der Waals surface area contributed by atoms with Crippen molar-refractivity contribution in [2.24, 2.45) is 11.5 Å². The Hall–Kier alpha value is -0.100. The van der Waals surface area contributed by atoms with Crippen LogP contribution in [0.5, 0.6) is 0 Å². The smallest absolute Gasteiger partial charge is 0.187 e. The summed E-state index contributed by atoms with van der Waals surface area (Å²) in [6, 6.07) is 0. The van der Waals surface area contributed by atoms with Crippen molar-refractivity contribution in [2.75, 3.05) is 51.0 Å². The number of hydrogen-bond donors (Lipinski definition) is 13. The minimum atomic E-state index is -1.58. The van der Waals surface area contributed by atoms with Gasteiger partial charge in [0.1, 0.15) is 90.2 Å². The van der Waals surface area contributed by atoms with E-state index in [9.17, 15) is 56.2 Å². The summed E-state index contributed by atoms with van der Waals surface area (Å²) in [5, 5.41) is 112. The first-order chi connectivity index (χ1) is 24.9. The lowest BCUT2D eigenvalue weighted by Crippen LogP contribution is -2.63. The number of hydrogen-bond acceptors (Lipinski definition) is 22. The summed E-state index contributed by atoms with van der Waals surface area (Å²) in [4.78, 5) is 0. The van der Waals surface area contributed by atoms with Crippen LogP contribution in [0.4, 0.5) is 0 Å². The van der Waals surface area contributed by atoms with Crippen LogP contribution in [0.2, 0.25) is 0 Å². The highest BCUT2D eigenvalue weighted by Gasteiger charge is 2.50. The molecule has 4 rings (SSSR count). The third kappa shape index (κ3) is 11.1. The number of thioether (sulfide) groups is 2. The summed E-state index contributed by atoms with van der Waals surface area (Å²) in [6.45, 7) is -1.12. The highest BCUT2D eigenvalue weighted by Crippen LogP contribution is 2.33. The van der Waals surface area contributed by atoms with Crippen molar-refractivity contribution in [3.05, 3.63) is 0 Å². The molecule has 4 aliphatic rings. The van der Waals surface area contributed by atoms with Crippen molar-refractivity contribution >= 4 is 23.5 Å². The molecule has 19 atom stereocenters. The van der Waals surface area contributed by atoms with Gasteiger partial charge in [0, 0.05) is 32.7 Å². The van der Waals surface area contributed by atoms with Gasteiger partial charge in [-0.15, -0.1) is 23.5 Å². The van der Waals surface area contributed by atoms with Crippen molar-refractivity contribution in [3.8, 4) is 0 Å². The fourth-order valence-corrected chi connectivity index (χ4v) is 8.52. The maximum Gasteiger partial charge on any atom is 0.187 e. The molecule has 4 saturated heterocycles. The molecule has 0 radical (unpaired) electrons. The van der Waals surface area contributed by atoms with E-state index in [1.165, 1.54) is 0 Å². The second-order valence-electron chi connectivity index (χ2n) is 13.1. The molecule has 0 saturated carbocycles. The van der Waals surface area contributed by atoms with Gasteiger partial charge in [0.25, 0.3) is 0 Å². The van der Waals surface area contributed by atoms with Crippen molar-refractivity contribution in [3.63, 3.8) is 0 Å². The normalized spacial score (nSPS) is 46.0. The topological polar surface area (TPSA) is 339 Å². The predicted molar refractivity (Wildman–Crippen MR) is 180 cm³/mol. The molecule has 52 heavy (non-hydrogen) atoms. The summed E-state index contributed by atoms with van der Waals surface area (Å²) in [7, 11) is 0. The third-order valence-corrected chi connectivity index (χ3v) is 11.8. The molecule has 4 aliphatic heterocycles. The summed E-state index contributed by atoms with van der Waals surface area (Å²) >= 11 is 2.27. The average Bonchev–Trinajstić information content (AvgIpc) is 3.13. The molecule has 0 amide bonds. The number of nitrogens with two attached hydrogens (primary N) is 2. The van der Waals surface area contributed by atoms with Gasteiger partial charge in [0.2, 0.25) is 0 Å². The molecule has 0 spiro atoms. The van der Waals surface area contributed by atoms with Crippen molar-refractivity contribution < 1.29 is 89.3 Å². The molecule has 4 heterocycles. The van der Waals surface area contributed by atoms with E-state index in [4.69, 9.17) is 44.6 Å². The maximum atomic E-state index is 11.3. The number of aliphatic hydroxyl groups excluding tert-OH is 11. The minimum Gasteiger partial charge on any atom is -0.394 e. The molecular formula is C30H56N2O18S2.